The van der Waals surface area contributed by atoms with Crippen LogP contribution in [0.25, 0.3) is 0 Å². The van der Waals surface area contributed by atoms with Gasteiger partial charge in [0.1, 0.15) is 5.56 Å². The van der Waals surface area contributed by atoms with E-state index < -0.39 is 5.97 Å². The van der Waals surface area contributed by atoms with Crippen LogP contribution in [0.4, 0.5) is 0 Å². The lowest BCUT2D eigenvalue weighted by Crippen LogP contribution is -2.11. The highest BCUT2D eigenvalue weighted by atomic mass is 16.5. The summed E-state index contributed by atoms with van der Waals surface area (Å²) in [5, 5.41) is 17.0. The van der Waals surface area contributed by atoms with E-state index in [1.165, 1.54) is 5.56 Å². The number of carbonyl (C=O) groups is 1. The zero-order chi connectivity index (χ0) is 15.2. The number of pyridine rings is 1. The average molecular weight is 287 g/mol. The molecule has 0 spiro atoms. The summed E-state index contributed by atoms with van der Waals surface area (Å²) in [4.78, 5) is 15.2. The molecule has 0 fully saturated rings. The fraction of sp³-hybridized carbons (Fsp3) is 0.333. The Balaban J connectivity index is 1.97. The van der Waals surface area contributed by atoms with Gasteiger partial charge in [-0.25, -0.2) is 4.79 Å². The smallest absolute Gasteiger partial charge is 0.341 e. The second-order valence-electron chi connectivity index (χ2n) is 4.70. The van der Waals surface area contributed by atoms with Crippen LogP contribution < -0.4 is 4.74 Å². The second kappa shape index (κ2) is 6.78. The van der Waals surface area contributed by atoms with Gasteiger partial charge in [-0.05, 0) is 49.9 Å². The molecule has 0 atom stereocenters. The van der Waals surface area contributed by atoms with Crippen molar-refractivity contribution in [1.29, 1.82) is 0 Å². The van der Waals surface area contributed by atoms with Crippen LogP contribution in [0.3, 0.4) is 0 Å². The number of rotatable bonds is 6. The molecule has 2 heterocycles. The molecule has 0 aliphatic carbocycles. The number of carboxylic acids is 1. The first-order valence-corrected chi connectivity index (χ1v) is 6.68. The van der Waals surface area contributed by atoms with Crippen molar-refractivity contribution < 1.29 is 14.6 Å². The minimum Gasteiger partial charge on any atom is -0.477 e. The largest absolute Gasteiger partial charge is 0.477 e. The first-order chi connectivity index (χ1) is 10.1. The average Bonchev–Trinajstić information content (AvgIpc) is 2.48. The minimum absolute atomic E-state index is 0.0836. The summed E-state index contributed by atoms with van der Waals surface area (Å²) in [6.07, 6.45) is 5.09. The van der Waals surface area contributed by atoms with Crippen molar-refractivity contribution in [2.24, 2.45) is 0 Å². The maximum absolute atomic E-state index is 11.3. The second-order valence-corrected chi connectivity index (χ2v) is 4.70. The Labute approximate surface area is 122 Å². The summed E-state index contributed by atoms with van der Waals surface area (Å²) < 4.78 is 5.49. The number of ether oxygens (including phenoxy) is 1. The third-order valence-electron chi connectivity index (χ3n) is 3.23. The first-order valence-electron chi connectivity index (χ1n) is 6.68. The molecule has 21 heavy (non-hydrogen) atoms. The molecular weight excluding hydrogens is 270 g/mol. The summed E-state index contributed by atoms with van der Waals surface area (Å²) in [7, 11) is 0. The lowest BCUT2D eigenvalue weighted by molar-refractivity contribution is 0.0689. The molecule has 0 amide bonds. The van der Waals surface area contributed by atoms with Crippen molar-refractivity contribution in [2.75, 3.05) is 6.61 Å². The number of aromatic nitrogens is 3. The minimum atomic E-state index is -1.05. The maximum Gasteiger partial charge on any atom is 0.341 e. The molecule has 0 saturated carbocycles. The van der Waals surface area contributed by atoms with Gasteiger partial charge >= 0.3 is 5.97 Å². The fourth-order valence-electron chi connectivity index (χ4n) is 1.93. The van der Waals surface area contributed by atoms with Gasteiger partial charge in [-0.3, -0.25) is 4.98 Å². The first kappa shape index (κ1) is 14.9. The lowest BCUT2D eigenvalue weighted by Gasteiger charge is -2.10. The van der Waals surface area contributed by atoms with E-state index in [2.05, 4.69) is 15.2 Å². The number of hydrogen-bond acceptors (Lipinski definition) is 5. The number of carboxylic acid groups (broad SMARTS) is 1. The van der Waals surface area contributed by atoms with Gasteiger partial charge in [-0.1, -0.05) is 0 Å². The van der Waals surface area contributed by atoms with E-state index >= 15 is 0 Å². The van der Waals surface area contributed by atoms with Crippen molar-refractivity contribution in [3.05, 3.63) is 46.9 Å². The molecule has 0 bridgehead atoms. The van der Waals surface area contributed by atoms with Crippen LogP contribution >= 0.6 is 0 Å². The van der Waals surface area contributed by atoms with Crippen molar-refractivity contribution in [3.63, 3.8) is 0 Å². The molecule has 0 unspecified atom stereocenters. The molecule has 0 aliphatic heterocycles. The van der Waals surface area contributed by atoms with E-state index in [0.717, 1.165) is 12.8 Å². The Morgan fingerprint density at radius 1 is 1.24 bits per heavy atom. The summed E-state index contributed by atoms with van der Waals surface area (Å²) >= 11 is 0. The quantitative estimate of drug-likeness (QED) is 0.820. The Hall–Kier alpha value is -2.50. The highest BCUT2D eigenvalue weighted by Gasteiger charge is 2.18. The van der Waals surface area contributed by atoms with Crippen LogP contribution in [-0.4, -0.2) is 32.9 Å². The predicted molar refractivity (Wildman–Crippen MR) is 76.5 cm³/mol. The van der Waals surface area contributed by atoms with Gasteiger partial charge in [-0.15, -0.1) is 5.10 Å². The Morgan fingerprint density at radius 2 is 1.95 bits per heavy atom. The van der Waals surface area contributed by atoms with E-state index in [1.807, 2.05) is 12.1 Å². The lowest BCUT2D eigenvalue weighted by atomic mass is 10.1. The highest BCUT2D eigenvalue weighted by molar-refractivity contribution is 5.91. The van der Waals surface area contributed by atoms with E-state index in [1.54, 1.807) is 26.2 Å². The Morgan fingerprint density at radius 3 is 2.62 bits per heavy atom. The molecular formula is C15H17N3O3. The molecule has 0 aliphatic rings. The van der Waals surface area contributed by atoms with Gasteiger partial charge < -0.3 is 9.84 Å². The molecule has 1 N–H and O–H groups in total. The van der Waals surface area contributed by atoms with Crippen molar-refractivity contribution in [1.82, 2.24) is 15.2 Å². The molecule has 6 heteroatoms. The number of aromatic carboxylic acids is 1. The van der Waals surface area contributed by atoms with Crippen molar-refractivity contribution in [3.8, 4) is 5.88 Å². The summed E-state index contributed by atoms with van der Waals surface area (Å²) in [5.41, 5.74) is 2.43. The summed E-state index contributed by atoms with van der Waals surface area (Å²) in [6.45, 7) is 3.82. The number of aryl methyl sites for hydroxylation is 2. The Bertz CT molecular complexity index is 630. The van der Waals surface area contributed by atoms with E-state index in [4.69, 9.17) is 4.74 Å². The van der Waals surface area contributed by atoms with Crippen LogP contribution in [-0.2, 0) is 6.42 Å². The van der Waals surface area contributed by atoms with Crippen molar-refractivity contribution in [2.45, 2.75) is 26.7 Å². The molecule has 2 rings (SSSR count). The van der Waals surface area contributed by atoms with E-state index in [0.29, 0.717) is 17.9 Å². The van der Waals surface area contributed by atoms with Gasteiger partial charge in [0.2, 0.25) is 5.88 Å². The normalized spacial score (nSPS) is 10.4. The van der Waals surface area contributed by atoms with Crippen LogP contribution in [0.2, 0.25) is 0 Å². The SMILES string of the molecule is Cc1nnc(OCCCc2ccncc2)c(C(=O)O)c1C. The van der Waals surface area contributed by atoms with E-state index in [9.17, 15) is 9.90 Å². The van der Waals surface area contributed by atoms with Crippen LogP contribution in [0.5, 0.6) is 5.88 Å². The molecule has 0 saturated heterocycles. The zero-order valence-corrected chi connectivity index (χ0v) is 12.0. The van der Waals surface area contributed by atoms with Gasteiger partial charge in [0, 0.05) is 12.4 Å². The maximum atomic E-state index is 11.3. The third-order valence-corrected chi connectivity index (χ3v) is 3.23. The zero-order valence-electron chi connectivity index (χ0n) is 12.0. The number of nitrogens with zero attached hydrogens (tertiary/aromatic N) is 3. The molecule has 0 radical (unpaired) electrons. The Kier molecular flexibility index (Phi) is 4.81. The summed E-state index contributed by atoms with van der Waals surface area (Å²) in [6, 6.07) is 3.89. The number of hydrogen-bond donors (Lipinski definition) is 1. The topological polar surface area (TPSA) is 85.2 Å². The highest BCUT2D eigenvalue weighted by Crippen LogP contribution is 2.20. The van der Waals surface area contributed by atoms with Gasteiger partial charge in [-0.2, -0.15) is 5.10 Å². The third kappa shape index (κ3) is 3.75. The molecule has 2 aromatic heterocycles. The van der Waals surface area contributed by atoms with Gasteiger partial charge in [0.05, 0.1) is 12.3 Å². The van der Waals surface area contributed by atoms with Crippen LogP contribution in [0, 0.1) is 13.8 Å². The molecule has 110 valence electrons. The summed E-state index contributed by atoms with van der Waals surface area (Å²) in [5.74, 6) is -0.963. The fourth-order valence-corrected chi connectivity index (χ4v) is 1.93. The monoisotopic (exact) mass is 287 g/mol. The van der Waals surface area contributed by atoms with E-state index in [-0.39, 0.29) is 11.4 Å². The predicted octanol–water partition coefficient (Wildman–Crippen LogP) is 2.20. The molecule has 0 aromatic carbocycles. The van der Waals surface area contributed by atoms with Crippen LogP contribution in [0.1, 0.15) is 33.6 Å². The van der Waals surface area contributed by atoms with Gasteiger partial charge in [0.15, 0.2) is 0 Å². The van der Waals surface area contributed by atoms with Crippen molar-refractivity contribution >= 4 is 5.97 Å². The van der Waals surface area contributed by atoms with Gasteiger partial charge in [0.25, 0.3) is 0 Å². The van der Waals surface area contributed by atoms with Crippen LogP contribution in [0.15, 0.2) is 24.5 Å². The molecule has 6 nitrogen and oxygen atoms in total. The molecule has 2 aromatic rings. The standard InChI is InChI=1S/C15H17N3O3/c1-10-11(2)17-18-14(13(10)15(19)20)21-9-3-4-12-5-7-16-8-6-12/h5-8H,3-4,9H2,1-2H3,(H,19,20).